The van der Waals surface area contributed by atoms with Crippen LogP contribution in [-0.4, -0.2) is 19.7 Å². The highest BCUT2D eigenvalue weighted by atomic mass is 35.5. The van der Waals surface area contributed by atoms with Crippen molar-refractivity contribution in [3.05, 3.63) is 52.9 Å². The van der Waals surface area contributed by atoms with Crippen molar-refractivity contribution in [1.29, 1.82) is 5.26 Å². The molecule has 0 atom stereocenters. The number of nitrogens with zero attached hydrogens (tertiary/aromatic N) is 5. The Hall–Kier alpha value is -2.91. The van der Waals surface area contributed by atoms with E-state index in [9.17, 15) is 5.26 Å². The fraction of sp³-hybridized carbons (Fsp3) is 0.0667. The van der Waals surface area contributed by atoms with Crippen LogP contribution in [0.3, 0.4) is 0 Å². The van der Waals surface area contributed by atoms with Crippen LogP contribution in [0.5, 0.6) is 0 Å². The molecule has 0 bridgehead atoms. The molecule has 2 aromatic heterocycles. The highest BCUT2D eigenvalue weighted by molar-refractivity contribution is 6.33. The zero-order valence-electron chi connectivity index (χ0n) is 11.7. The van der Waals surface area contributed by atoms with Gasteiger partial charge in [-0.15, -0.1) is 0 Å². The van der Waals surface area contributed by atoms with Crippen molar-refractivity contribution in [1.82, 2.24) is 19.7 Å². The molecule has 7 heteroatoms. The van der Waals surface area contributed by atoms with E-state index in [4.69, 9.17) is 17.3 Å². The molecule has 0 aliphatic rings. The van der Waals surface area contributed by atoms with E-state index in [1.807, 2.05) is 25.1 Å². The molecule has 0 aliphatic carbocycles. The molecule has 0 amide bonds. The first-order chi connectivity index (χ1) is 10.6. The van der Waals surface area contributed by atoms with Gasteiger partial charge in [-0.05, 0) is 18.6 Å². The number of aryl methyl sites for hydroxylation is 1. The Morgan fingerprint density at radius 2 is 2.14 bits per heavy atom. The average Bonchev–Trinajstić information content (AvgIpc) is 2.84. The number of hydrogen-bond acceptors (Lipinski definition) is 5. The molecule has 0 saturated carbocycles. The van der Waals surface area contributed by atoms with Crippen LogP contribution in [0.1, 0.15) is 11.1 Å². The van der Waals surface area contributed by atoms with E-state index in [0.717, 1.165) is 5.56 Å². The summed E-state index contributed by atoms with van der Waals surface area (Å²) >= 11 is 6.28. The molecule has 1 aromatic carbocycles. The number of nitrogen functional groups attached to an aromatic ring is 1. The molecule has 2 heterocycles. The van der Waals surface area contributed by atoms with Gasteiger partial charge in [-0.2, -0.15) is 15.0 Å². The first kappa shape index (κ1) is 14.0. The maximum atomic E-state index is 9.41. The lowest BCUT2D eigenvalue weighted by molar-refractivity contribution is 0.852. The Labute approximate surface area is 131 Å². The Kier molecular flexibility index (Phi) is 3.49. The molecule has 108 valence electrons. The smallest absolute Gasteiger partial charge is 0.159 e. The van der Waals surface area contributed by atoms with Crippen LogP contribution in [0, 0.1) is 18.3 Å². The van der Waals surface area contributed by atoms with Gasteiger partial charge in [0.25, 0.3) is 0 Å². The molecular formula is C15H11ClN6. The molecule has 0 spiro atoms. The van der Waals surface area contributed by atoms with Crippen LogP contribution in [0.4, 0.5) is 5.82 Å². The van der Waals surface area contributed by atoms with Gasteiger partial charge in [0.1, 0.15) is 29.5 Å². The number of rotatable bonds is 2. The lowest BCUT2D eigenvalue weighted by Gasteiger charge is -2.02. The Bertz CT molecular complexity index is 879. The predicted octanol–water partition coefficient (Wildman–Crippen LogP) is 2.75. The predicted molar refractivity (Wildman–Crippen MR) is 83.5 cm³/mol. The fourth-order valence-corrected chi connectivity index (χ4v) is 2.45. The van der Waals surface area contributed by atoms with E-state index in [2.05, 4.69) is 21.1 Å². The highest BCUT2D eigenvalue weighted by Gasteiger charge is 2.20. The van der Waals surface area contributed by atoms with E-state index in [1.54, 1.807) is 12.3 Å². The summed E-state index contributed by atoms with van der Waals surface area (Å²) in [7, 11) is 0. The van der Waals surface area contributed by atoms with Crippen molar-refractivity contribution in [2.75, 3.05) is 5.73 Å². The SMILES string of the molecule is Cc1ccc(-c2nn(-c3ccncn3)c(N)c2C#N)c(Cl)c1. The van der Waals surface area contributed by atoms with Crippen molar-refractivity contribution < 1.29 is 0 Å². The number of benzene rings is 1. The van der Waals surface area contributed by atoms with Crippen LogP contribution in [0.25, 0.3) is 17.1 Å². The molecule has 0 saturated heterocycles. The zero-order valence-corrected chi connectivity index (χ0v) is 12.4. The maximum Gasteiger partial charge on any atom is 0.159 e. The molecule has 2 N–H and O–H groups in total. The van der Waals surface area contributed by atoms with Crippen molar-refractivity contribution in [2.45, 2.75) is 6.92 Å². The number of halogens is 1. The highest BCUT2D eigenvalue weighted by Crippen LogP contribution is 2.33. The minimum Gasteiger partial charge on any atom is -0.382 e. The van der Waals surface area contributed by atoms with Crippen molar-refractivity contribution in [2.24, 2.45) is 0 Å². The Morgan fingerprint density at radius 1 is 1.32 bits per heavy atom. The number of nitrogens with two attached hydrogens (primary N) is 1. The second kappa shape index (κ2) is 5.47. The van der Waals surface area contributed by atoms with Crippen LogP contribution >= 0.6 is 11.6 Å². The van der Waals surface area contributed by atoms with Crippen molar-refractivity contribution in [3.63, 3.8) is 0 Å². The normalized spacial score (nSPS) is 10.4. The van der Waals surface area contributed by atoms with Gasteiger partial charge >= 0.3 is 0 Å². The van der Waals surface area contributed by atoms with Crippen molar-refractivity contribution >= 4 is 17.4 Å². The Balaban J connectivity index is 2.24. The van der Waals surface area contributed by atoms with Gasteiger partial charge in [-0.25, -0.2) is 9.97 Å². The molecule has 3 rings (SSSR count). The Morgan fingerprint density at radius 3 is 2.77 bits per heavy atom. The second-order valence-electron chi connectivity index (χ2n) is 4.68. The third-order valence-corrected chi connectivity index (χ3v) is 3.51. The van der Waals surface area contributed by atoms with E-state index < -0.39 is 0 Å². The monoisotopic (exact) mass is 310 g/mol. The number of nitriles is 1. The summed E-state index contributed by atoms with van der Waals surface area (Å²) in [6.45, 7) is 1.94. The summed E-state index contributed by atoms with van der Waals surface area (Å²) < 4.78 is 1.41. The van der Waals surface area contributed by atoms with Crippen molar-refractivity contribution in [3.8, 4) is 23.1 Å². The van der Waals surface area contributed by atoms with Crippen LogP contribution in [0.2, 0.25) is 5.02 Å². The fourth-order valence-electron chi connectivity index (χ4n) is 2.13. The van der Waals surface area contributed by atoms with E-state index in [1.165, 1.54) is 11.0 Å². The summed E-state index contributed by atoms with van der Waals surface area (Å²) in [5, 5.41) is 14.3. The summed E-state index contributed by atoms with van der Waals surface area (Å²) in [6.07, 6.45) is 2.97. The molecule has 3 aromatic rings. The van der Waals surface area contributed by atoms with E-state index >= 15 is 0 Å². The summed E-state index contributed by atoms with van der Waals surface area (Å²) in [5.74, 6) is 0.700. The third-order valence-electron chi connectivity index (χ3n) is 3.20. The molecule has 22 heavy (non-hydrogen) atoms. The number of aromatic nitrogens is 4. The molecular weight excluding hydrogens is 300 g/mol. The van der Waals surface area contributed by atoms with Crippen LogP contribution in [-0.2, 0) is 0 Å². The summed E-state index contributed by atoms with van der Waals surface area (Å²) in [6, 6.07) is 9.29. The van der Waals surface area contributed by atoms with Gasteiger partial charge in [0.15, 0.2) is 5.82 Å². The van der Waals surface area contributed by atoms with Gasteiger partial charge in [0, 0.05) is 17.8 Å². The minimum absolute atomic E-state index is 0.216. The third kappa shape index (κ3) is 2.28. The topological polar surface area (TPSA) is 93.4 Å². The largest absolute Gasteiger partial charge is 0.382 e. The van der Waals surface area contributed by atoms with Crippen LogP contribution < -0.4 is 5.73 Å². The van der Waals surface area contributed by atoms with Gasteiger partial charge in [-0.3, -0.25) is 0 Å². The average molecular weight is 311 g/mol. The van der Waals surface area contributed by atoms with Crippen LogP contribution in [0.15, 0.2) is 36.8 Å². The number of anilines is 1. The standard InChI is InChI=1S/C15H11ClN6/c1-9-2-3-10(12(16)6-9)14-11(7-17)15(18)22(21-14)13-4-5-19-8-20-13/h2-6,8H,18H2,1H3. The first-order valence-corrected chi connectivity index (χ1v) is 6.81. The van der Waals surface area contributed by atoms with Gasteiger partial charge in [0.05, 0.1) is 5.02 Å². The number of hydrogen-bond donors (Lipinski definition) is 1. The summed E-state index contributed by atoms with van der Waals surface area (Å²) in [4.78, 5) is 7.95. The maximum absolute atomic E-state index is 9.41. The first-order valence-electron chi connectivity index (χ1n) is 6.43. The van der Waals surface area contributed by atoms with Gasteiger partial charge < -0.3 is 5.73 Å². The lowest BCUT2D eigenvalue weighted by Crippen LogP contribution is -2.04. The van der Waals surface area contributed by atoms with Gasteiger partial charge in [-0.1, -0.05) is 23.7 Å². The van der Waals surface area contributed by atoms with E-state index in [0.29, 0.717) is 22.1 Å². The lowest BCUT2D eigenvalue weighted by atomic mass is 10.1. The molecule has 0 radical (unpaired) electrons. The zero-order chi connectivity index (χ0) is 15.7. The minimum atomic E-state index is 0.216. The second-order valence-corrected chi connectivity index (χ2v) is 5.09. The molecule has 6 nitrogen and oxygen atoms in total. The quantitative estimate of drug-likeness (QED) is 0.785. The van der Waals surface area contributed by atoms with Gasteiger partial charge in [0.2, 0.25) is 0 Å². The van der Waals surface area contributed by atoms with E-state index in [-0.39, 0.29) is 11.4 Å². The summed E-state index contributed by atoms with van der Waals surface area (Å²) in [5.41, 5.74) is 8.42. The molecule has 0 aliphatic heterocycles. The molecule has 0 fully saturated rings. The molecule has 0 unspecified atom stereocenters.